The van der Waals surface area contributed by atoms with Crippen LogP contribution < -0.4 is 5.32 Å². The number of aliphatic hydroxyl groups is 1. The number of halogens is 3. The molecule has 0 aromatic rings. The number of rotatable bonds is 6. The second-order valence-electron chi connectivity index (χ2n) is 7.12. The third-order valence-electron chi connectivity index (χ3n) is 5.18. The summed E-state index contributed by atoms with van der Waals surface area (Å²) in [6, 6.07) is 0.459. The molecule has 0 amide bonds. The van der Waals surface area contributed by atoms with Gasteiger partial charge in [-0.25, -0.2) is 0 Å². The molecule has 2 unspecified atom stereocenters. The molecule has 122 valence electrons. The van der Waals surface area contributed by atoms with Gasteiger partial charge in [-0.15, -0.1) is 0 Å². The minimum absolute atomic E-state index is 0.0291. The Bertz CT molecular complexity index is 368. The van der Waals surface area contributed by atoms with Crippen LogP contribution in [0.3, 0.4) is 0 Å². The lowest BCUT2D eigenvalue weighted by Gasteiger charge is -2.42. The van der Waals surface area contributed by atoms with Crippen LogP contribution in [0.15, 0.2) is 0 Å². The van der Waals surface area contributed by atoms with Crippen molar-refractivity contribution in [1.29, 1.82) is 0 Å². The van der Waals surface area contributed by atoms with Gasteiger partial charge in [0.1, 0.15) is 0 Å². The van der Waals surface area contributed by atoms with Gasteiger partial charge in [0.15, 0.2) is 0 Å². The summed E-state index contributed by atoms with van der Waals surface area (Å²) < 4.78 is 38.8. The van der Waals surface area contributed by atoms with Crippen LogP contribution in [0, 0.1) is 11.8 Å². The van der Waals surface area contributed by atoms with Crippen LogP contribution in [0.25, 0.3) is 0 Å². The van der Waals surface area contributed by atoms with E-state index in [9.17, 15) is 18.3 Å². The van der Waals surface area contributed by atoms with E-state index in [4.69, 9.17) is 0 Å². The van der Waals surface area contributed by atoms with Crippen molar-refractivity contribution < 1.29 is 18.3 Å². The summed E-state index contributed by atoms with van der Waals surface area (Å²) in [5, 5.41) is 13.5. The zero-order chi connectivity index (χ0) is 15.1. The molecule has 0 bridgehead atoms. The first-order chi connectivity index (χ1) is 9.93. The van der Waals surface area contributed by atoms with Gasteiger partial charge in [-0.3, -0.25) is 0 Å². The van der Waals surface area contributed by atoms with Gasteiger partial charge in [0.25, 0.3) is 0 Å². The standard InChI is InChI=1S/C15H25F3N2O/c16-15(17,18)12-2-1-7-20(8-12)9-14(10-21,11-3-4-11)19-13-5-6-13/h11-13,19,21H,1-10H2. The van der Waals surface area contributed by atoms with Crippen molar-refractivity contribution in [3.63, 3.8) is 0 Å². The van der Waals surface area contributed by atoms with Gasteiger partial charge in [0, 0.05) is 19.1 Å². The lowest BCUT2D eigenvalue weighted by atomic mass is 9.90. The minimum Gasteiger partial charge on any atom is -0.394 e. The van der Waals surface area contributed by atoms with E-state index >= 15 is 0 Å². The first kappa shape index (κ1) is 15.6. The predicted octanol–water partition coefficient (Wildman–Crippen LogP) is 2.15. The van der Waals surface area contributed by atoms with Gasteiger partial charge < -0.3 is 15.3 Å². The molecular weight excluding hydrogens is 281 g/mol. The summed E-state index contributed by atoms with van der Waals surface area (Å²) in [6.45, 7) is 1.39. The number of hydrogen-bond donors (Lipinski definition) is 2. The highest BCUT2D eigenvalue weighted by Gasteiger charge is 2.49. The van der Waals surface area contributed by atoms with Crippen molar-refractivity contribution in [2.45, 2.75) is 56.3 Å². The Morgan fingerprint density at radius 1 is 1.05 bits per heavy atom. The Kier molecular flexibility index (Phi) is 4.23. The molecule has 0 radical (unpaired) electrons. The number of aliphatic hydroxyl groups excluding tert-OH is 1. The molecule has 2 saturated carbocycles. The molecule has 1 saturated heterocycles. The summed E-state index contributed by atoms with van der Waals surface area (Å²) in [7, 11) is 0. The predicted molar refractivity (Wildman–Crippen MR) is 73.9 cm³/mol. The summed E-state index contributed by atoms with van der Waals surface area (Å²) in [6.07, 6.45) is 1.16. The monoisotopic (exact) mass is 306 g/mol. The van der Waals surface area contributed by atoms with Gasteiger partial charge in [0.05, 0.1) is 18.1 Å². The van der Waals surface area contributed by atoms with Crippen LogP contribution in [0.4, 0.5) is 13.2 Å². The molecular formula is C15H25F3N2O. The number of alkyl halides is 3. The van der Waals surface area contributed by atoms with Gasteiger partial charge in [0.2, 0.25) is 0 Å². The molecule has 0 aromatic heterocycles. The summed E-state index contributed by atoms with van der Waals surface area (Å²) in [5.74, 6) is -0.780. The fourth-order valence-electron chi connectivity index (χ4n) is 3.65. The second kappa shape index (κ2) is 5.70. The molecule has 6 heteroatoms. The Morgan fingerprint density at radius 2 is 1.76 bits per heavy atom. The molecule has 3 rings (SSSR count). The number of nitrogens with zero attached hydrogens (tertiary/aromatic N) is 1. The number of likely N-dealkylation sites (tertiary alicyclic amines) is 1. The molecule has 21 heavy (non-hydrogen) atoms. The second-order valence-corrected chi connectivity index (χ2v) is 7.12. The average Bonchev–Trinajstić information content (AvgIpc) is 3.30. The zero-order valence-corrected chi connectivity index (χ0v) is 12.3. The lowest BCUT2D eigenvalue weighted by Crippen LogP contribution is -2.60. The van der Waals surface area contributed by atoms with Crippen molar-refractivity contribution in [2.24, 2.45) is 11.8 Å². The molecule has 1 aliphatic heterocycles. The molecule has 1 heterocycles. The fraction of sp³-hybridized carbons (Fsp3) is 1.00. The van der Waals surface area contributed by atoms with E-state index in [1.807, 2.05) is 4.90 Å². The molecule has 3 aliphatic rings. The Hall–Kier alpha value is -0.330. The van der Waals surface area contributed by atoms with E-state index in [2.05, 4.69) is 5.32 Å². The molecule has 2 atom stereocenters. The van der Waals surface area contributed by atoms with Crippen LogP contribution in [0.2, 0.25) is 0 Å². The Morgan fingerprint density at radius 3 is 2.29 bits per heavy atom. The molecule has 0 aromatic carbocycles. The first-order valence-corrected chi connectivity index (χ1v) is 8.10. The van der Waals surface area contributed by atoms with Crippen LogP contribution >= 0.6 is 0 Å². The summed E-state index contributed by atoms with van der Waals surface area (Å²) in [5.41, 5.74) is -0.380. The van der Waals surface area contributed by atoms with Crippen LogP contribution in [-0.4, -0.2) is 54.0 Å². The van der Waals surface area contributed by atoms with Gasteiger partial charge >= 0.3 is 6.18 Å². The van der Waals surface area contributed by atoms with E-state index < -0.39 is 12.1 Å². The zero-order valence-electron chi connectivity index (χ0n) is 12.3. The lowest BCUT2D eigenvalue weighted by molar-refractivity contribution is -0.187. The number of hydrogen-bond acceptors (Lipinski definition) is 3. The summed E-state index contributed by atoms with van der Waals surface area (Å²) in [4.78, 5) is 1.92. The highest BCUT2D eigenvalue weighted by atomic mass is 19.4. The topological polar surface area (TPSA) is 35.5 Å². The van der Waals surface area contributed by atoms with Crippen molar-refractivity contribution in [2.75, 3.05) is 26.2 Å². The molecule has 3 nitrogen and oxygen atoms in total. The van der Waals surface area contributed by atoms with E-state index in [1.54, 1.807) is 0 Å². The minimum atomic E-state index is -4.09. The van der Waals surface area contributed by atoms with Crippen molar-refractivity contribution in [3.05, 3.63) is 0 Å². The normalized spacial score (nSPS) is 31.1. The van der Waals surface area contributed by atoms with Gasteiger partial charge in [-0.1, -0.05) is 0 Å². The summed E-state index contributed by atoms with van der Waals surface area (Å²) >= 11 is 0. The Balaban J connectivity index is 1.64. The highest BCUT2D eigenvalue weighted by Crippen LogP contribution is 2.43. The van der Waals surface area contributed by atoms with Gasteiger partial charge in [-0.2, -0.15) is 13.2 Å². The van der Waals surface area contributed by atoms with E-state index in [1.165, 1.54) is 0 Å². The number of nitrogens with one attached hydrogen (secondary N) is 1. The van der Waals surface area contributed by atoms with E-state index in [0.29, 0.717) is 31.5 Å². The van der Waals surface area contributed by atoms with Crippen molar-refractivity contribution >= 4 is 0 Å². The average molecular weight is 306 g/mol. The molecule has 0 spiro atoms. The van der Waals surface area contributed by atoms with Crippen molar-refractivity contribution in [3.8, 4) is 0 Å². The maximum atomic E-state index is 12.9. The molecule has 3 fully saturated rings. The highest BCUT2D eigenvalue weighted by molar-refractivity contribution is 5.06. The van der Waals surface area contributed by atoms with Crippen LogP contribution in [0.5, 0.6) is 0 Å². The fourth-order valence-corrected chi connectivity index (χ4v) is 3.65. The Labute approximate surface area is 123 Å². The number of piperidine rings is 1. The van der Waals surface area contributed by atoms with Crippen LogP contribution in [0.1, 0.15) is 38.5 Å². The van der Waals surface area contributed by atoms with E-state index in [0.717, 1.165) is 25.7 Å². The quantitative estimate of drug-likeness (QED) is 0.789. The molecule has 2 N–H and O–H groups in total. The first-order valence-electron chi connectivity index (χ1n) is 8.10. The van der Waals surface area contributed by atoms with Crippen molar-refractivity contribution in [1.82, 2.24) is 10.2 Å². The third kappa shape index (κ3) is 3.71. The maximum Gasteiger partial charge on any atom is 0.393 e. The van der Waals surface area contributed by atoms with Crippen LogP contribution in [-0.2, 0) is 0 Å². The SMILES string of the molecule is OCC(CN1CCCC(C(F)(F)F)C1)(NC1CC1)C1CC1. The maximum absolute atomic E-state index is 12.9. The van der Waals surface area contributed by atoms with E-state index in [-0.39, 0.29) is 25.1 Å². The molecule has 2 aliphatic carbocycles. The van der Waals surface area contributed by atoms with Gasteiger partial charge in [-0.05, 0) is 51.0 Å². The smallest absolute Gasteiger partial charge is 0.393 e. The largest absolute Gasteiger partial charge is 0.394 e. The third-order valence-corrected chi connectivity index (χ3v) is 5.18.